The highest BCUT2D eigenvalue weighted by Crippen LogP contribution is 2.36. The maximum Gasteiger partial charge on any atom is 0.263 e. The van der Waals surface area contributed by atoms with Crippen molar-refractivity contribution in [3.63, 3.8) is 0 Å². The molecule has 1 saturated heterocycles. The lowest BCUT2D eigenvalue weighted by Gasteiger charge is -2.20. The third-order valence-electron chi connectivity index (χ3n) is 4.44. The number of hydrogen-bond donors (Lipinski definition) is 1. The van der Waals surface area contributed by atoms with Gasteiger partial charge in [0.2, 0.25) is 5.91 Å². The molecule has 0 spiro atoms. The van der Waals surface area contributed by atoms with Crippen molar-refractivity contribution in [1.29, 1.82) is 0 Å². The quantitative estimate of drug-likeness (QED) is 0.653. The molecule has 2 heterocycles. The van der Waals surface area contributed by atoms with E-state index >= 15 is 0 Å². The number of hydrogen-bond acceptors (Lipinski definition) is 6. The van der Waals surface area contributed by atoms with Gasteiger partial charge in [0.25, 0.3) is 11.8 Å². The molecule has 0 saturated carbocycles. The topological polar surface area (TPSA) is 94.4 Å². The molecule has 148 valence electrons. The van der Waals surface area contributed by atoms with Crippen LogP contribution in [0, 0.1) is 0 Å². The highest BCUT2D eigenvalue weighted by atomic mass is 79.9. The molecule has 1 fully saturated rings. The molecule has 0 unspecified atom stereocenters. The van der Waals surface area contributed by atoms with Crippen molar-refractivity contribution in [2.75, 3.05) is 16.8 Å². The molecule has 0 radical (unpaired) electrons. The second kappa shape index (κ2) is 7.74. The summed E-state index contributed by atoms with van der Waals surface area (Å²) in [6, 6.07) is 9.47. The second-order valence-electron chi connectivity index (χ2n) is 6.35. The number of carbonyl (C=O) groups excluding carboxylic acids is 3. The Balaban J connectivity index is 1.50. The van der Waals surface area contributed by atoms with Gasteiger partial charge in [-0.25, -0.2) is 4.90 Å². The van der Waals surface area contributed by atoms with E-state index in [9.17, 15) is 14.4 Å². The summed E-state index contributed by atoms with van der Waals surface area (Å²) in [4.78, 5) is 39.0. The number of amides is 3. The summed E-state index contributed by atoms with van der Waals surface area (Å²) in [5.74, 6) is -1.50. The number of nitrogens with zero attached hydrogens (tertiary/aromatic N) is 4. The fourth-order valence-electron chi connectivity index (χ4n) is 3.13. The van der Waals surface area contributed by atoms with Gasteiger partial charge in [0.15, 0.2) is 12.1 Å². The van der Waals surface area contributed by atoms with Gasteiger partial charge in [-0.1, -0.05) is 44.4 Å². The summed E-state index contributed by atoms with van der Waals surface area (Å²) in [5, 5.41) is 12.2. The van der Waals surface area contributed by atoms with Crippen LogP contribution in [0.4, 0.5) is 11.4 Å². The Bertz CT molecular complexity index is 1050. The van der Waals surface area contributed by atoms with E-state index in [4.69, 9.17) is 23.2 Å². The number of nitrogens with one attached hydrogen (secondary N) is 1. The van der Waals surface area contributed by atoms with Crippen LogP contribution in [0.3, 0.4) is 0 Å². The summed E-state index contributed by atoms with van der Waals surface area (Å²) in [6.07, 6.45) is 0. The molecular weight excluding hydrogens is 485 g/mol. The first-order chi connectivity index (χ1) is 13.8. The first kappa shape index (κ1) is 19.8. The lowest BCUT2D eigenvalue weighted by Crippen LogP contribution is -2.43. The Labute approximate surface area is 183 Å². The largest absolute Gasteiger partial charge is 0.324 e. The molecule has 1 N–H and O–H groups in total. The summed E-state index contributed by atoms with van der Waals surface area (Å²) in [6.45, 7) is -0.234. The first-order valence-electron chi connectivity index (χ1n) is 8.41. The average molecular weight is 497 g/mol. The Morgan fingerprint density at radius 1 is 1.10 bits per heavy atom. The highest BCUT2D eigenvalue weighted by molar-refractivity contribution is 9.10. The Morgan fingerprint density at radius 3 is 2.52 bits per heavy atom. The minimum atomic E-state index is -1.02. The minimum absolute atomic E-state index is 0.163. The molecule has 11 heteroatoms. The van der Waals surface area contributed by atoms with E-state index in [1.807, 2.05) is 0 Å². The van der Waals surface area contributed by atoms with Crippen LogP contribution in [-0.2, 0) is 14.4 Å². The van der Waals surface area contributed by atoms with Crippen molar-refractivity contribution in [2.45, 2.75) is 12.1 Å². The standard InChI is InChI=1S/C18H12BrCl2N5O3/c19-9-1-4-11(5-2-9)22-14(27)8-25-16-15(23-24-25)17(28)26(18(16)29)13-6-3-10(20)7-12(13)21/h1-7,15-16H,8H2,(H,22,27)/t15-,16-/m0/s1. The van der Waals surface area contributed by atoms with Gasteiger partial charge in [-0.3, -0.25) is 19.4 Å². The van der Waals surface area contributed by atoms with Crippen molar-refractivity contribution < 1.29 is 14.4 Å². The van der Waals surface area contributed by atoms with E-state index in [1.165, 1.54) is 23.2 Å². The molecule has 29 heavy (non-hydrogen) atoms. The van der Waals surface area contributed by atoms with Gasteiger partial charge >= 0.3 is 0 Å². The Morgan fingerprint density at radius 2 is 1.83 bits per heavy atom. The van der Waals surface area contributed by atoms with Gasteiger partial charge in [-0.15, -0.1) is 0 Å². The smallest absolute Gasteiger partial charge is 0.263 e. The summed E-state index contributed by atoms with van der Waals surface area (Å²) >= 11 is 15.4. The third-order valence-corrected chi connectivity index (χ3v) is 5.51. The van der Waals surface area contributed by atoms with Gasteiger partial charge < -0.3 is 5.32 Å². The number of imide groups is 1. The number of anilines is 2. The fourth-order valence-corrected chi connectivity index (χ4v) is 3.89. The maximum absolute atomic E-state index is 12.9. The maximum atomic E-state index is 12.9. The van der Waals surface area contributed by atoms with Gasteiger partial charge in [0.1, 0.15) is 6.54 Å². The van der Waals surface area contributed by atoms with Crippen molar-refractivity contribution in [3.05, 3.63) is 57.0 Å². The summed E-state index contributed by atoms with van der Waals surface area (Å²) in [7, 11) is 0. The van der Waals surface area contributed by atoms with Crippen molar-refractivity contribution in [2.24, 2.45) is 10.3 Å². The van der Waals surface area contributed by atoms with Crippen molar-refractivity contribution >= 4 is 68.2 Å². The fraction of sp³-hybridized carbons (Fsp3) is 0.167. The predicted octanol–water partition coefficient (Wildman–Crippen LogP) is 3.69. The van der Waals surface area contributed by atoms with Crippen LogP contribution in [0.5, 0.6) is 0 Å². The van der Waals surface area contributed by atoms with Gasteiger partial charge in [-0.05, 0) is 42.5 Å². The average Bonchev–Trinajstić information content (AvgIpc) is 3.18. The second-order valence-corrected chi connectivity index (χ2v) is 8.11. The molecule has 4 rings (SSSR count). The molecule has 2 aromatic rings. The molecular formula is C18H12BrCl2N5O3. The van der Waals surface area contributed by atoms with E-state index < -0.39 is 29.8 Å². The molecule has 8 nitrogen and oxygen atoms in total. The molecule has 0 aromatic heterocycles. The zero-order valence-corrected chi connectivity index (χ0v) is 17.6. The third kappa shape index (κ3) is 3.73. The van der Waals surface area contributed by atoms with Crippen LogP contribution in [0.25, 0.3) is 0 Å². The molecule has 2 atom stereocenters. The van der Waals surface area contributed by atoms with E-state index in [2.05, 4.69) is 31.6 Å². The van der Waals surface area contributed by atoms with E-state index in [0.29, 0.717) is 10.7 Å². The van der Waals surface area contributed by atoms with E-state index in [-0.39, 0.29) is 17.3 Å². The van der Waals surface area contributed by atoms with E-state index in [1.54, 1.807) is 24.3 Å². The van der Waals surface area contributed by atoms with Crippen LogP contribution in [0.15, 0.2) is 57.3 Å². The Hall–Kier alpha value is -2.49. The monoisotopic (exact) mass is 495 g/mol. The predicted molar refractivity (Wildman–Crippen MR) is 111 cm³/mol. The lowest BCUT2D eigenvalue weighted by molar-refractivity contribution is -0.123. The molecule has 0 aliphatic carbocycles. The van der Waals surface area contributed by atoms with Gasteiger partial charge in [0, 0.05) is 15.2 Å². The zero-order valence-electron chi connectivity index (χ0n) is 14.6. The SMILES string of the molecule is O=C(CN1N=N[C@@H]2C(=O)N(c3ccc(Cl)cc3Cl)C(=O)[C@H]21)Nc1ccc(Br)cc1. The summed E-state index contributed by atoms with van der Waals surface area (Å²) < 4.78 is 0.878. The number of fused-ring (bicyclic) bond motifs is 1. The van der Waals surface area contributed by atoms with E-state index in [0.717, 1.165) is 9.37 Å². The van der Waals surface area contributed by atoms with Crippen LogP contribution < -0.4 is 10.2 Å². The number of rotatable bonds is 4. The first-order valence-corrected chi connectivity index (χ1v) is 9.96. The molecule has 2 aromatic carbocycles. The lowest BCUT2D eigenvalue weighted by atomic mass is 10.1. The molecule has 3 amide bonds. The number of benzene rings is 2. The normalized spacial score (nSPS) is 20.4. The molecule has 0 bridgehead atoms. The Kier molecular flexibility index (Phi) is 5.28. The van der Waals surface area contributed by atoms with Crippen LogP contribution in [-0.4, -0.2) is 41.4 Å². The van der Waals surface area contributed by atoms with Crippen LogP contribution in [0.1, 0.15) is 0 Å². The molecule has 2 aliphatic heterocycles. The minimum Gasteiger partial charge on any atom is -0.324 e. The van der Waals surface area contributed by atoms with Crippen LogP contribution in [0.2, 0.25) is 10.0 Å². The number of carbonyl (C=O) groups is 3. The van der Waals surface area contributed by atoms with Crippen molar-refractivity contribution in [3.8, 4) is 0 Å². The number of halogens is 3. The van der Waals surface area contributed by atoms with Crippen LogP contribution >= 0.6 is 39.1 Å². The highest BCUT2D eigenvalue weighted by Gasteiger charge is 2.55. The van der Waals surface area contributed by atoms with Crippen molar-refractivity contribution in [1.82, 2.24) is 5.01 Å². The summed E-state index contributed by atoms with van der Waals surface area (Å²) in [5.41, 5.74) is 0.809. The molecule has 2 aliphatic rings. The zero-order chi connectivity index (χ0) is 20.7. The van der Waals surface area contributed by atoms with Gasteiger partial charge in [0.05, 0.1) is 10.7 Å². The van der Waals surface area contributed by atoms with Gasteiger partial charge in [-0.2, -0.15) is 5.11 Å².